The molecule has 1 aromatic rings. The largest absolute Gasteiger partial charge is 0.399 e. The van der Waals surface area contributed by atoms with Gasteiger partial charge in [0.1, 0.15) is 12.6 Å². The Morgan fingerprint density at radius 2 is 1.60 bits per heavy atom. The van der Waals surface area contributed by atoms with Gasteiger partial charge in [0.25, 0.3) is 0 Å². The van der Waals surface area contributed by atoms with Gasteiger partial charge in [0.05, 0.1) is 0 Å². The quantitative estimate of drug-likeness (QED) is 0.552. The SMILES string of the molecule is C=O.Nc1ccc(F)cc1. The average Bonchev–Trinajstić information content (AvgIpc) is 2.00. The van der Waals surface area contributed by atoms with Crippen LogP contribution >= 0.6 is 0 Å². The maximum atomic E-state index is 12.0. The molecule has 0 unspecified atom stereocenters. The first-order valence-electron chi connectivity index (χ1n) is 2.59. The number of carbonyl (C=O) groups is 1. The molecule has 0 aromatic heterocycles. The first-order chi connectivity index (χ1) is 4.79. The summed E-state index contributed by atoms with van der Waals surface area (Å²) in [5.74, 6) is -0.251. The minimum atomic E-state index is -0.251. The maximum Gasteiger partial charge on any atom is 0.123 e. The highest BCUT2D eigenvalue weighted by Crippen LogP contribution is 2.01. The molecule has 0 aliphatic carbocycles. The van der Waals surface area contributed by atoms with Crippen LogP contribution in [0, 0.1) is 5.82 Å². The monoisotopic (exact) mass is 141 g/mol. The molecule has 0 radical (unpaired) electrons. The van der Waals surface area contributed by atoms with Crippen molar-refractivity contribution >= 4 is 12.5 Å². The van der Waals surface area contributed by atoms with Gasteiger partial charge in [0, 0.05) is 5.69 Å². The van der Waals surface area contributed by atoms with Crippen molar-refractivity contribution in [3.63, 3.8) is 0 Å². The first kappa shape index (κ1) is 8.62. The Hall–Kier alpha value is -1.38. The van der Waals surface area contributed by atoms with Crippen LogP contribution in [0.1, 0.15) is 0 Å². The van der Waals surface area contributed by atoms with E-state index in [2.05, 4.69) is 0 Å². The van der Waals surface area contributed by atoms with Crippen LogP contribution in [0.2, 0.25) is 0 Å². The predicted molar refractivity (Wildman–Crippen MR) is 37.9 cm³/mol. The molecule has 2 N–H and O–H groups in total. The molecule has 10 heavy (non-hydrogen) atoms. The maximum absolute atomic E-state index is 12.0. The van der Waals surface area contributed by atoms with E-state index in [9.17, 15) is 4.39 Å². The number of carbonyl (C=O) groups excluding carboxylic acids is 1. The smallest absolute Gasteiger partial charge is 0.123 e. The molecule has 0 aliphatic rings. The molecule has 1 rings (SSSR count). The zero-order chi connectivity index (χ0) is 7.98. The summed E-state index contributed by atoms with van der Waals surface area (Å²) in [4.78, 5) is 8.00. The third kappa shape index (κ3) is 2.81. The summed E-state index contributed by atoms with van der Waals surface area (Å²) in [6, 6.07) is 5.70. The van der Waals surface area contributed by atoms with E-state index in [1.807, 2.05) is 6.79 Å². The van der Waals surface area contributed by atoms with E-state index >= 15 is 0 Å². The van der Waals surface area contributed by atoms with Crippen LogP contribution in [0.25, 0.3) is 0 Å². The van der Waals surface area contributed by atoms with Crippen LogP contribution in [-0.4, -0.2) is 6.79 Å². The van der Waals surface area contributed by atoms with Gasteiger partial charge >= 0.3 is 0 Å². The second-order valence-electron chi connectivity index (χ2n) is 1.55. The summed E-state index contributed by atoms with van der Waals surface area (Å²) < 4.78 is 12.0. The molecule has 3 heteroatoms. The van der Waals surface area contributed by atoms with Crippen LogP contribution in [0.15, 0.2) is 24.3 Å². The molecule has 1 aromatic carbocycles. The number of rotatable bonds is 0. The van der Waals surface area contributed by atoms with Crippen molar-refractivity contribution in [2.24, 2.45) is 0 Å². The number of hydrogen-bond acceptors (Lipinski definition) is 2. The highest BCUT2D eigenvalue weighted by atomic mass is 19.1. The van der Waals surface area contributed by atoms with Crippen molar-refractivity contribution in [2.45, 2.75) is 0 Å². The van der Waals surface area contributed by atoms with Crippen molar-refractivity contribution in [2.75, 3.05) is 5.73 Å². The number of hydrogen-bond donors (Lipinski definition) is 1. The minimum Gasteiger partial charge on any atom is -0.399 e. The molecule has 2 nitrogen and oxygen atoms in total. The lowest BCUT2D eigenvalue weighted by molar-refractivity contribution is -0.0979. The summed E-state index contributed by atoms with van der Waals surface area (Å²) in [5, 5.41) is 0. The fraction of sp³-hybridized carbons (Fsp3) is 0. The lowest BCUT2D eigenvalue weighted by Crippen LogP contribution is -1.82. The molecule has 0 bridgehead atoms. The lowest BCUT2D eigenvalue weighted by atomic mass is 10.3. The van der Waals surface area contributed by atoms with Crippen LogP contribution in [0.5, 0.6) is 0 Å². The normalized spacial score (nSPS) is 7.70. The van der Waals surface area contributed by atoms with Gasteiger partial charge in [-0.25, -0.2) is 4.39 Å². The Balaban J connectivity index is 0.000000371. The Bertz CT molecular complexity index is 164. The standard InChI is InChI=1S/C6H6FN.CH2O/c7-5-1-3-6(8)4-2-5;1-2/h1-4H,8H2;1H2. The first-order valence-corrected chi connectivity index (χ1v) is 2.59. The minimum absolute atomic E-state index is 0.251. The van der Waals surface area contributed by atoms with Crippen molar-refractivity contribution in [3.05, 3.63) is 30.1 Å². The summed E-state index contributed by atoms with van der Waals surface area (Å²) >= 11 is 0. The van der Waals surface area contributed by atoms with Crippen molar-refractivity contribution in [1.29, 1.82) is 0 Å². The Morgan fingerprint density at radius 1 is 1.20 bits per heavy atom. The van der Waals surface area contributed by atoms with Gasteiger partial charge in [-0.15, -0.1) is 0 Å². The van der Waals surface area contributed by atoms with Gasteiger partial charge in [-0.3, -0.25) is 0 Å². The molecule has 0 fully saturated rings. The Morgan fingerprint density at radius 3 is 1.90 bits per heavy atom. The molecule has 0 aliphatic heterocycles. The zero-order valence-corrected chi connectivity index (χ0v) is 5.38. The number of nitrogen functional groups attached to an aromatic ring is 1. The van der Waals surface area contributed by atoms with Crippen LogP contribution in [-0.2, 0) is 4.79 Å². The average molecular weight is 141 g/mol. The summed E-state index contributed by atoms with van der Waals surface area (Å²) in [5.41, 5.74) is 5.85. The van der Waals surface area contributed by atoms with Gasteiger partial charge in [0.15, 0.2) is 0 Å². The summed E-state index contributed by atoms with van der Waals surface area (Å²) in [6.45, 7) is 2.00. The van der Waals surface area contributed by atoms with Crippen molar-refractivity contribution < 1.29 is 9.18 Å². The highest BCUT2D eigenvalue weighted by molar-refractivity contribution is 5.36. The topological polar surface area (TPSA) is 43.1 Å². The highest BCUT2D eigenvalue weighted by Gasteiger charge is 1.83. The molecule has 54 valence electrons. The second kappa shape index (κ2) is 4.49. The molecule has 0 amide bonds. The summed E-state index contributed by atoms with van der Waals surface area (Å²) in [6.07, 6.45) is 0. The van der Waals surface area contributed by atoms with Crippen molar-refractivity contribution in [1.82, 2.24) is 0 Å². The third-order valence-electron chi connectivity index (χ3n) is 0.870. The lowest BCUT2D eigenvalue weighted by Gasteiger charge is -1.87. The van der Waals surface area contributed by atoms with E-state index < -0.39 is 0 Å². The van der Waals surface area contributed by atoms with Crippen LogP contribution in [0.4, 0.5) is 10.1 Å². The molecule has 0 saturated heterocycles. The van der Waals surface area contributed by atoms with E-state index in [1.165, 1.54) is 24.3 Å². The van der Waals surface area contributed by atoms with Crippen LogP contribution < -0.4 is 5.73 Å². The molecule has 0 heterocycles. The predicted octanol–water partition coefficient (Wildman–Crippen LogP) is 1.22. The molecule has 0 saturated carbocycles. The number of anilines is 1. The van der Waals surface area contributed by atoms with E-state index in [0.29, 0.717) is 5.69 Å². The second-order valence-corrected chi connectivity index (χ2v) is 1.55. The molecule has 0 atom stereocenters. The number of nitrogens with two attached hydrogens (primary N) is 1. The van der Waals surface area contributed by atoms with E-state index in [1.54, 1.807) is 0 Å². The molecule has 0 spiro atoms. The van der Waals surface area contributed by atoms with E-state index in [0.717, 1.165) is 0 Å². The van der Waals surface area contributed by atoms with Gasteiger partial charge in [-0.05, 0) is 24.3 Å². The zero-order valence-electron chi connectivity index (χ0n) is 5.38. The van der Waals surface area contributed by atoms with Gasteiger partial charge < -0.3 is 10.5 Å². The van der Waals surface area contributed by atoms with Crippen LogP contribution in [0.3, 0.4) is 0 Å². The Kier molecular flexibility index (Phi) is 3.87. The summed E-state index contributed by atoms with van der Waals surface area (Å²) in [7, 11) is 0. The van der Waals surface area contributed by atoms with E-state index in [-0.39, 0.29) is 5.82 Å². The number of benzene rings is 1. The van der Waals surface area contributed by atoms with Gasteiger partial charge in [0.2, 0.25) is 0 Å². The fourth-order valence-electron chi connectivity index (χ4n) is 0.463. The van der Waals surface area contributed by atoms with Gasteiger partial charge in [-0.2, -0.15) is 0 Å². The fourth-order valence-corrected chi connectivity index (χ4v) is 0.463. The third-order valence-corrected chi connectivity index (χ3v) is 0.870. The Labute approximate surface area is 58.5 Å². The van der Waals surface area contributed by atoms with E-state index in [4.69, 9.17) is 10.5 Å². The van der Waals surface area contributed by atoms with Gasteiger partial charge in [-0.1, -0.05) is 0 Å². The molecular weight excluding hydrogens is 133 g/mol. The number of halogens is 1. The molecular formula is C7H8FNO. The van der Waals surface area contributed by atoms with Crippen molar-refractivity contribution in [3.8, 4) is 0 Å².